The third-order valence-electron chi connectivity index (χ3n) is 4.44. The van der Waals surface area contributed by atoms with Crippen molar-refractivity contribution in [3.8, 4) is 0 Å². The molecule has 2 fully saturated rings. The van der Waals surface area contributed by atoms with Crippen LogP contribution in [0.2, 0.25) is 0 Å². The summed E-state index contributed by atoms with van der Waals surface area (Å²) in [5.74, 6) is 0.773. The minimum absolute atomic E-state index is 0.126. The molecule has 2 atom stereocenters. The molecule has 1 amide bonds. The molecular formula is C15H29N3O. The minimum Gasteiger partial charge on any atom is -0.341 e. The van der Waals surface area contributed by atoms with E-state index < -0.39 is 0 Å². The van der Waals surface area contributed by atoms with Crippen molar-refractivity contribution < 1.29 is 4.79 Å². The van der Waals surface area contributed by atoms with Crippen molar-refractivity contribution in [3.05, 3.63) is 0 Å². The molecule has 2 heterocycles. The molecular weight excluding hydrogens is 238 g/mol. The SMILES string of the molecule is C[C@@H](N)C(=O)N1CCCC(CN2CCCCCC2)C1. The van der Waals surface area contributed by atoms with Crippen LogP contribution in [-0.2, 0) is 4.79 Å². The third kappa shape index (κ3) is 4.46. The van der Waals surface area contributed by atoms with Crippen molar-refractivity contribution in [2.45, 2.75) is 51.5 Å². The maximum absolute atomic E-state index is 12.0. The van der Waals surface area contributed by atoms with Crippen LogP contribution < -0.4 is 5.73 Å². The number of nitrogens with two attached hydrogens (primary N) is 1. The zero-order valence-corrected chi connectivity index (χ0v) is 12.3. The van der Waals surface area contributed by atoms with Gasteiger partial charge in [0.15, 0.2) is 0 Å². The van der Waals surface area contributed by atoms with Crippen LogP contribution in [-0.4, -0.2) is 54.5 Å². The van der Waals surface area contributed by atoms with Crippen LogP contribution in [0.3, 0.4) is 0 Å². The predicted octanol–water partition coefficient (Wildman–Crippen LogP) is 1.45. The van der Waals surface area contributed by atoms with Gasteiger partial charge in [-0.2, -0.15) is 0 Å². The molecule has 110 valence electrons. The summed E-state index contributed by atoms with van der Waals surface area (Å²) in [6.07, 6.45) is 7.85. The monoisotopic (exact) mass is 267 g/mol. The van der Waals surface area contributed by atoms with Crippen molar-refractivity contribution in [1.82, 2.24) is 9.80 Å². The zero-order valence-electron chi connectivity index (χ0n) is 12.3. The Labute approximate surface area is 117 Å². The summed E-state index contributed by atoms with van der Waals surface area (Å²) in [5, 5.41) is 0. The molecule has 19 heavy (non-hydrogen) atoms. The molecule has 0 aromatic carbocycles. The summed E-state index contributed by atoms with van der Waals surface area (Å²) in [6.45, 7) is 7.27. The Balaban J connectivity index is 1.81. The largest absolute Gasteiger partial charge is 0.341 e. The number of nitrogens with zero attached hydrogens (tertiary/aromatic N) is 2. The summed E-state index contributed by atoms with van der Waals surface area (Å²) in [6, 6.07) is -0.350. The van der Waals surface area contributed by atoms with Crippen molar-refractivity contribution in [2.75, 3.05) is 32.7 Å². The second kappa shape index (κ2) is 7.25. The van der Waals surface area contributed by atoms with Crippen LogP contribution in [0.4, 0.5) is 0 Å². The highest BCUT2D eigenvalue weighted by Gasteiger charge is 2.26. The molecule has 0 aromatic rings. The molecule has 2 saturated heterocycles. The molecule has 1 unspecified atom stereocenters. The van der Waals surface area contributed by atoms with Crippen LogP contribution in [0.1, 0.15) is 45.4 Å². The van der Waals surface area contributed by atoms with Crippen molar-refractivity contribution in [2.24, 2.45) is 11.7 Å². The lowest BCUT2D eigenvalue weighted by Gasteiger charge is -2.36. The van der Waals surface area contributed by atoms with E-state index in [2.05, 4.69) is 4.90 Å². The fourth-order valence-corrected chi connectivity index (χ4v) is 3.39. The van der Waals surface area contributed by atoms with Crippen molar-refractivity contribution in [1.29, 1.82) is 0 Å². The van der Waals surface area contributed by atoms with Gasteiger partial charge in [0.05, 0.1) is 6.04 Å². The molecule has 2 aliphatic heterocycles. The van der Waals surface area contributed by atoms with Crippen LogP contribution in [0.15, 0.2) is 0 Å². The van der Waals surface area contributed by atoms with E-state index in [4.69, 9.17) is 5.73 Å². The maximum atomic E-state index is 12.0. The Morgan fingerprint density at radius 3 is 2.47 bits per heavy atom. The van der Waals surface area contributed by atoms with Gasteiger partial charge in [-0.1, -0.05) is 12.8 Å². The topological polar surface area (TPSA) is 49.6 Å². The van der Waals surface area contributed by atoms with E-state index in [-0.39, 0.29) is 11.9 Å². The van der Waals surface area contributed by atoms with E-state index >= 15 is 0 Å². The summed E-state index contributed by atoms with van der Waals surface area (Å²) < 4.78 is 0. The highest BCUT2D eigenvalue weighted by molar-refractivity contribution is 5.81. The van der Waals surface area contributed by atoms with E-state index in [9.17, 15) is 4.79 Å². The quantitative estimate of drug-likeness (QED) is 0.842. The molecule has 4 heteroatoms. The first-order chi connectivity index (χ1) is 9.16. The van der Waals surface area contributed by atoms with Crippen molar-refractivity contribution in [3.63, 3.8) is 0 Å². The first-order valence-corrected chi connectivity index (χ1v) is 7.93. The first-order valence-electron chi connectivity index (χ1n) is 7.93. The highest BCUT2D eigenvalue weighted by Crippen LogP contribution is 2.20. The van der Waals surface area contributed by atoms with E-state index in [1.807, 2.05) is 4.90 Å². The number of carbonyl (C=O) groups is 1. The lowest BCUT2D eigenvalue weighted by molar-refractivity contribution is -0.134. The van der Waals surface area contributed by atoms with Gasteiger partial charge in [0.2, 0.25) is 5.91 Å². The van der Waals surface area contributed by atoms with Gasteiger partial charge in [0, 0.05) is 19.6 Å². The van der Waals surface area contributed by atoms with Crippen LogP contribution in [0, 0.1) is 5.92 Å². The number of hydrogen-bond donors (Lipinski definition) is 1. The molecule has 0 aliphatic carbocycles. The average Bonchev–Trinajstić information content (AvgIpc) is 2.66. The predicted molar refractivity (Wildman–Crippen MR) is 77.9 cm³/mol. The normalized spacial score (nSPS) is 27.9. The molecule has 4 nitrogen and oxygen atoms in total. The number of carbonyl (C=O) groups excluding carboxylic acids is 1. The van der Waals surface area contributed by atoms with Crippen LogP contribution >= 0.6 is 0 Å². The molecule has 2 aliphatic rings. The van der Waals surface area contributed by atoms with E-state index in [0.29, 0.717) is 5.92 Å². The minimum atomic E-state index is -0.350. The molecule has 2 N–H and O–H groups in total. The molecule has 0 saturated carbocycles. The number of piperidine rings is 1. The van der Waals surface area contributed by atoms with Gasteiger partial charge in [-0.25, -0.2) is 0 Å². The first kappa shape index (κ1) is 14.8. The van der Waals surface area contributed by atoms with Gasteiger partial charge < -0.3 is 15.5 Å². The number of rotatable bonds is 3. The second-order valence-corrected chi connectivity index (χ2v) is 6.30. The lowest BCUT2D eigenvalue weighted by atomic mass is 9.96. The van der Waals surface area contributed by atoms with E-state index in [1.54, 1.807) is 6.92 Å². The fourth-order valence-electron chi connectivity index (χ4n) is 3.39. The van der Waals surface area contributed by atoms with Gasteiger partial charge in [-0.15, -0.1) is 0 Å². The maximum Gasteiger partial charge on any atom is 0.239 e. The molecule has 0 aromatic heterocycles. The van der Waals surface area contributed by atoms with Crippen LogP contribution in [0.5, 0.6) is 0 Å². The Hall–Kier alpha value is -0.610. The van der Waals surface area contributed by atoms with Crippen molar-refractivity contribution >= 4 is 5.91 Å². The lowest BCUT2D eigenvalue weighted by Crippen LogP contribution is -2.48. The van der Waals surface area contributed by atoms with E-state index in [0.717, 1.165) is 19.5 Å². The third-order valence-corrected chi connectivity index (χ3v) is 4.44. The Kier molecular flexibility index (Phi) is 5.64. The van der Waals surface area contributed by atoms with Gasteiger partial charge in [0.1, 0.15) is 0 Å². The molecule has 0 spiro atoms. The zero-order chi connectivity index (χ0) is 13.7. The summed E-state index contributed by atoms with van der Waals surface area (Å²) >= 11 is 0. The highest BCUT2D eigenvalue weighted by atomic mass is 16.2. The summed E-state index contributed by atoms with van der Waals surface area (Å²) in [5.41, 5.74) is 5.72. The number of likely N-dealkylation sites (tertiary alicyclic amines) is 2. The van der Waals surface area contributed by atoms with Gasteiger partial charge in [0.25, 0.3) is 0 Å². The molecule has 2 rings (SSSR count). The fraction of sp³-hybridized carbons (Fsp3) is 0.933. The van der Waals surface area contributed by atoms with E-state index in [1.165, 1.54) is 51.7 Å². The van der Waals surface area contributed by atoms with Crippen LogP contribution in [0.25, 0.3) is 0 Å². The van der Waals surface area contributed by atoms with Gasteiger partial charge >= 0.3 is 0 Å². The van der Waals surface area contributed by atoms with Gasteiger partial charge in [-0.3, -0.25) is 4.79 Å². The smallest absolute Gasteiger partial charge is 0.239 e. The summed E-state index contributed by atoms with van der Waals surface area (Å²) in [4.78, 5) is 16.6. The second-order valence-electron chi connectivity index (χ2n) is 6.30. The number of amides is 1. The number of hydrogen-bond acceptors (Lipinski definition) is 3. The Morgan fingerprint density at radius 2 is 1.84 bits per heavy atom. The molecule has 0 radical (unpaired) electrons. The average molecular weight is 267 g/mol. The summed E-state index contributed by atoms with van der Waals surface area (Å²) in [7, 11) is 0. The molecule has 0 bridgehead atoms. The van der Waals surface area contributed by atoms with Gasteiger partial charge in [-0.05, 0) is 51.6 Å². The Bertz CT molecular complexity index is 285. The Morgan fingerprint density at radius 1 is 1.16 bits per heavy atom. The standard InChI is InChI=1S/C15H29N3O/c1-13(16)15(19)18-10-6-7-14(12-18)11-17-8-4-2-3-5-9-17/h13-14H,2-12,16H2,1H3/t13-,14?/m1/s1.